The molecule has 0 aromatic heterocycles. The van der Waals surface area contributed by atoms with E-state index in [0.29, 0.717) is 5.92 Å². The summed E-state index contributed by atoms with van der Waals surface area (Å²) < 4.78 is 6.08. The first-order valence-electron chi connectivity index (χ1n) is 8.26. The molecule has 20 heavy (non-hydrogen) atoms. The number of hydrogen-bond donors (Lipinski definition) is 1. The van der Waals surface area contributed by atoms with Gasteiger partial charge in [0.15, 0.2) is 0 Å². The van der Waals surface area contributed by atoms with Gasteiger partial charge in [-0.2, -0.15) is 0 Å². The van der Waals surface area contributed by atoms with Gasteiger partial charge in [0.05, 0.1) is 13.1 Å². The van der Waals surface area contributed by atoms with E-state index >= 15 is 0 Å². The molecule has 3 atom stereocenters. The molecule has 1 aliphatic heterocycles. The lowest BCUT2D eigenvalue weighted by Gasteiger charge is -2.28. The summed E-state index contributed by atoms with van der Waals surface area (Å²) in [6.45, 7) is 11.5. The topological polar surface area (TPSA) is 13.7 Å². The third kappa shape index (κ3) is 4.24. The van der Waals surface area contributed by atoms with Crippen molar-refractivity contribution >= 4 is 0 Å². The summed E-state index contributed by atoms with van der Waals surface area (Å²) >= 11 is 0. The Labute approximate surface area is 124 Å². The number of quaternary nitrogens is 1. The Hall–Kier alpha value is -1.02. The quantitative estimate of drug-likeness (QED) is 0.843. The fourth-order valence-corrected chi connectivity index (χ4v) is 3.17. The minimum absolute atomic E-state index is 0.577. The Morgan fingerprint density at radius 3 is 2.90 bits per heavy atom. The Bertz CT molecular complexity index is 404. The standard InChI is InChI=1S/C18H29NO/c1-4-16(3)17-9-5-6-10-18(17)20-13-12-19-11-7-8-15(2)14-19/h5-6,9-10,15-16H,4,7-8,11-14H2,1-3H3/p+1/t15-,16-/m0/s1. The molecule has 0 spiro atoms. The molecule has 0 bridgehead atoms. The predicted octanol–water partition coefficient (Wildman–Crippen LogP) is 2.89. The van der Waals surface area contributed by atoms with Crippen molar-refractivity contribution in [3.63, 3.8) is 0 Å². The highest BCUT2D eigenvalue weighted by Gasteiger charge is 2.19. The molecule has 0 aliphatic carbocycles. The van der Waals surface area contributed by atoms with Crippen LogP contribution in [0.15, 0.2) is 24.3 Å². The van der Waals surface area contributed by atoms with E-state index in [2.05, 4.69) is 45.0 Å². The number of hydrogen-bond acceptors (Lipinski definition) is 1. The van der Waals surface area contributed by atoms with Gasteiger partial charge in [0.25, 0.3) is 0 Å². The van der Waals surface area contributed by atoms with E-state index in [1.54, 1.807) is 4.90 Å². The first-order valence-corrected chi connectivity index (χ1v) is 8.26. The summed E-state index contributed by atoms with van der Waals surface area (Å²) in [6, 6.07) is 8.53. The molecule has 0 saturated carbocycles. The van der Waals surface area contributed by atoms with Crippen molar-refractivity contribution in [3.05, 3.63) is 29.8 Å². The third-order valence-corrected chi connectivity index (χ3v) is 4.64. The van der Waals surface area contributed by atoms with E-state index in [1.807, 2.05) is 0 Å². The molecular formula is C18H30NO+. The molecule has 1 aliphatic rings. The number of piperidine rings is 1. The molecule has 1 saturated heterocycles. The van der Waals surface area contributed by atoms with Gasteiger partial charge in [-0.05, 0) is 36.8 Å². The zero-order valence-electron chi connectivity index (χ0n) is 13.3. The number of para-hydroxylation sites is 1. The normalized spacial score (nSPS) is 24.4. The van der Waals surface area contributed by atoms with Crippen LogP contribution in [0.25, 0.3) is 0 Å². The first-order chi connectivity index (χ1) is 9.70. The molecule has 1 unspecified atom stereocenters. The molecule has 1 heterocycles. The van der Waals surface area contributed by atoms with E-state index in [0.717, 1.165) is 31.2 Å². The van der Waals surface area contributed by atoms with Crippen molar-refractivity contribution in [1.29, 1.82) is 0 Å². The molecule has 0 radical (unpaired) electrons. The SMILES string of the molecule is CC[C@H](C)c1ccccc1OCC[NH+]1CCC[C@H](C)C1. The van der Waals surface area contributed by atoms with E-state index in [4.69, 9.17) is 4.74 Å². The van der Waals surface area contributed by atoms with Crippen molar-refractivity contribution in [2.45, 2.75) is 46.0 Å². The second kappa shape index (κ2) is 7.68. The van der Waals surface area contributed by atoms with E-state index in [1.165, 1.54) is 31.5 Å². The fourth-order valence-electron chi connectivity index (χ4n) is 3.17. The van der Waals surface area contributed by atoms with Gasteiger partial charge in [0.1, 0.15) is 18.9 Å². The van der Waals surface area contributed by atoms with Crippen LogP contribution in [0.3, 0.4) is 0 Å². The van der Waals surface area contributed by atoms with Gasteiger partial charge in [0.2, 0.25) is 0 Å². The molecule has 0 amide bonds. The van der Waals surface area contributed by atoms with E-state index < -0.39 is 0 Å². The largest absolute Gasteiger partial charge is 0.487 e. The second-order valence-corrected chi connectivity index (χ2v) is 6.40. The Kier molecular flexibility index (Phi) is 5.90. The van der Waals surface area contributed by atoms with Crippen LogP contribution in [0.2, 0.25) is 0 Å². The Balaban J connectivity index is 1.84. The summed E-state index contributed by atoms with van der Waals surface area (Å²) in [6.07, 6.45) is 3.94. The molecule has 1 aromatic carbocycles. The van der Waals surface area contributed by atoms with Crippen LogP contribution in [-0.4, -0.2) is 26.2 Å². The second-order valence-electron chi connectivity index (χ2n) is 6.40. The number of rotatable bonds is 6. The lowest BCUT2D eigenvalue weighted by Crippen LogP contribution is -3.14. The minimum Gasteiger partial charge on any atom is -0.487 e. The van der Waals surface area contributed by atoms with Crippen LogP contribution >= 0.6 is 0 Å². The fraction of sp³-hybridized carbons (Fsp3) is 0.667. The van der Waals surface area contributed by atoms with Gasteiger partial charge < -0.3 is 9.64 Å². The van der Waals surface area contributed by atoms with Crippen molar-refractivity contribution < 1.29 is 9.64 Å². The highest BCUT2D eigenvalue weighted by Crippen LogP contribution is 2.28. The van der Waals surface area contributed by atoms with Crippen molar-refractivity contribution in [3.8, 4) is 5.75 Å². The zero-order valence-corrected chi connectivity index (χ0v) is 13.3. The highest BCUT2D eigenvalue weighted by molar-refractivity contribution is 5.35. The zero-order chi connectivity index (χ0) is 14.4. The molecule has 1 fully saturated rings. The van der Waals surface area contributed by atoms with Crippen molar-refractivity contribution in [2.75, 3.05) is 26.2 Å². The summed E-state index contributed by atoms with van der Waals surface area (Å²) in [4.78, 5) is 1.71. The third-order valence-electron chi connectivity index (χ3n) is 4.64. The monoisotopic (exact) mass is 276 g/mol. The summed E-state index contributed by atoms with van der Waals surface area (Å²) in [5, 5.41) is 0. The van der Waals surface area contributed by atoms with Gasteiger partial charge in [-0.1, -0.05) is 39.0 Å². The summed E-state index contributed by atoms with van der Waals surface area (Å²) in [5.41, 5.74) is 1.36. The maximum Gasteiger partial charge on any atom is 0.137 e. The molecule has 2 rings (SSSR count). The van der Waals surface area contributed by atoms with Crippen LogP contribution in [0, 0.1) is 5.92 Å². The number of likely N-dealkylation sites (tertiary alicyclic amines) is 1. The van der Waals surface area contributed by atoms with Gasteiger partial charge in [-0.3, -0.25) is 0 Å². The first kappa shape index (κ1) is 15.4. The van der Waals surface area contributed by atoms with Crippen LogP contribution in [0.4, 0.5) is 0 Å². The summed E-state index contributed by atoms with van der Waals surface area (Å²) in [5.74, 6) is 2.55. The number of nitrogens with one attached hydrogen (secondary N) is 1. The van der Waals surface area contributed by atoms with E-state index in [9.17, 15) is 0 Å². The molecule has 2 nitrogen and oxygen atoms in total. The van der Waals surface area contributed by atoms with Gasteiger partial charge >= 0.3 is 0 Å². The van der Waals surface area contributed by atoms with Crippen LogP contribution < -0.4 is 9.64 Å². The Morgan fingerprint density at radius 2 is 2.15 bits per heavy atom. The van der Waals surface area contributed by atoms with Gasteiger partial charge in [-0.25, -0.2) is 0 Å². The highest BCUT2D eigenvalue weighted by atomic mass is 16.5. The molecule has 112 valence electrons. The maximum atomic E-state index is 6.08. The molecular weight excluding hydrogens is 246 g/mol. The maximum absolute atomic E-state index is 6.08. The van der Waals surface area contributed by atoms with E-state index in [-0.39, 0.29) is 0 Å². The average molecular weight is 276 g/mol. The van der Waals surface area contributed by atoms with Crippen molar-refractivity contribution in [1.82, 2.24) is 0 Å². The molecule has 1 N–H and O–H groups in total. The lowest BCUT2D eigenvalue weighted by atomic mass is 9.98. The molecule has 1 aromatic rings. The number of ether oxygens (including phenoxy) is 1. The van der Waals surface area contributed by atoms with Gasteiger partial charge in [0, 0.05) is 5.92 Å². The van der Waals surface area contributed by atoms with Crippen LogP contribution in [-0.2, 0) is 0 Å². The average Bonchev–Trinajstić information content (AvgIpc) is 2.47. The lowest BCUT2D eigenvalue weighted by molar-refractivity contribution is -0.908. The van der Waals surface area contributed by atoms with Crippen LogP contribution in [0.1, 0.15) is 51.5 Å². The number of benzene rings is 1. The molecule has 2 heteroatoms. The van der Waals surface area contributed by atoms with Crippen LogP contribution in [0.5, 0.6) is 5.75 Å². The van der Waals surface area contributed by atoms with Crippen molar-refractivity contribution in [2.24, 2.45) is 5.92 Å². The minimum atomic E-state index is 0.577. The van der Waals surface area contributed by atoms with Gasteiger partial charge in [-0.15, -0.1) is 0 Å². The summed E-state index contributed by atoms with van der Waals surface area (Å²) in [7, 11) is 0. The predicted molar refractivity (Wildman–Crippen MR) is 84.6 cm³/mol. The Morgan fingerprint density at radius 1 is 1.35 bits per heavy atom. The smallest absolute Gasteiger partial charge is 0.137 e.